The average Bonchev–Trinajstić information content (AvgIpc) is 2.52. The molecule has 2 rings (SSSR count). The summed E-state index contributed by atoms with van der Waals surface area (Å²) >= 11 is 4.72. The zero-order valence-electron chi connectivity index (χ0n) is 7.34. The third kappa shape index (κ3) is 2.23. The summed E-state index contributed by atoms with van der Waals surface area (Å²) in [7, 11) is 0. The molecule has 1 aliphatic heterocycles. The van der Waals surface area contributed by atoms with Crippen molar-refractivity contribution in [1.82, 2.24) is 4.98 Å². The van der Waals surface area contributed by atoms with Crippen molar-refractivity contribution in [3.8, 4) is 0 Å². The second-order valence-corrected chi connectivity index (χ2v) is 4.94. The Kier molecular flexibility index (Phi) is 2.74. The van der Waals surface area contributed by atoms with Crippen molar-refractivity contribution in [2.45, 2.75) is 18.8 Å². The predicted molar refractivity (Wildman–Crippen MR) is 56.2 cm³/mol. The average molecular weight is 283 g/mol. The molecule has 78 valence electrons. The van der Waals surface area contributed by atoms with Crippen LogP contribution in [0.15, 0.2) is 9.98 Å². The summed E-state index contributed by atoms with van der Waals surface area (Å²) in [6.07, 6.45) is -0.131. The second-order valence-electron chi connectivity index (χ2n) is 3.30. The van der Waals surface area contributed by atoms with Gasteiger partial charge in [0.05, 0.1) is 0 Å². The summed E-state index contributed by atoms with van der Waals surface area (Å²) in [5.41, 5.74) is 0. The number of alkyl halides is 2. The predicted octanol–water partition coefficient (Wildman–Crippen LogP) is 3.14. The molecule has 6 heteroatoms. The number of nitrogens with zero attached hydrogens (tertiary/aromatic N) is 2. The fraction of sp³-hybridized carbons (Fsp3) is 0.625. The fourth-order valence-corrected chi connectivity index (χ4v) is 2.72. The largest absolute Gasteiger partial charge is 0.348 e. The van der Waals surface area contributed by atoms with E-state index in [2.05, 4.69) is 20.9 Å². The first-order valence-electron chi connectivity index (χ1n) is 4.31. The van der Waals surface area contributed by atoms with Gasteiger partial charge in [-0.15, -0.1) is 11.3 Å². The van der Waals surface area contributed by atoms with Gasteiger partial charge in [-0.3, -0.25) is 0 Å². The maximum atomic E-state index is 12.8. The Morgan fingerprint density at radius 3 is 2.57 bits per heavy atom. The van der Waals surface area contributed by atoms with Crippen molar-refractivity contribution >= 4 is 32.4 Å². The Labute approximate surface area is 93.1 Å². The summed E-state index contributed by atoms with van der Waals surface area (Å²) in [6, 6.07) is 0. The van der Waals surface area contributed by atoms with Crippen molar-refractivity contribution < 1.29 is 8.78 Å². The van der Waals surface area contributed by atoms with Crippen molar-refractivity contribution in [2.24, 2.45) is 0 Å². The van der Waals surface area contributed by atoms with Gasteiger partial charge in [-0.25, -0.2) is 13.8 Å². The van der Waals surface area contributed by atoms with E-state index >= 15 is 0 Å². The van der Waals surface area contributed by atoms with E-state index in [0.717, 1.165) is 9.73 Å². The molecule has 0 aliphatic carbocycles. The number of rotatable bonds is 1. The molecular formula is C8H9BrF2N2S. The number of anilines is 1. The zero-order valence-corrected chi connectivity index (χ0v) is 9.74. The minimum atomic E-state index is -2.48. The molecule has 0 unspecified atom stereocenters. The van der Waals surface area contributed by atoms with E-state index in [4.69, 9.17) is 0 Å². The monoisotopic (exact) mass is 282 g/mol. The molecule has 0 spiro atoms. The van der Waals surface area contributed by atoms with Gasteiger partial charge < -0.3 is 4.90 Å². The van der Waals surface area contributed by atoms with Crippen LogP contribution in [0.3, 0.4) is 0 Å². The highest BCUT2D eigenvalue weighted by molar-refractivity contribution is 9.10. The lowest BCUT2D eigenvalue weighted by Gasteiger charge is -2.31. The Morgan fingerprint density at radius 2 is 2.07 bits per heavy atom. The van der Waals surface area contributed by atoms with Crippen LogP contribution in [0.1, 0.15) is 12.8 Å². The van der Waals surface area contributed by atoms with E-state index in [9.17, 15) is 8.78 Å². The van der Waals surface area contributed by atoms with Crippen LogP contribution in [0.25, 0.3) is 0 Å². The summed E-state index contributed by atoms with van der Waals surface area (Å²) in [6.45, 7) is 0.792. The fourth-order valence-electron chi connectivity index (χ4n) is 1.42. The topological polar surface area (TPSA) is 16.1 Å². The van der Waals surface area contributed by atoms with Gasteiger partial charge in [0.15, 0.2) is 5.13 Å². The summed E-state index contributed by atoms with van der Waals surface area (Å²) in [5, 5.41) is 2.69. The maximum Gasteiger partial charge on any atom is 0.251 e. The molecule has 2 nitrogen and oxygen atoms in total. The van der Waals surface area contributed by atoms with Gasteiger partial charge in [-0.2, -0.15) is 0 Å². The highest BCUT2D eigenvalue weighted by Crippen LogP contribution is 2.32. The lowest BCUT2D eigenvalue weighted by Crippen LogP contribution is -2.39. The molecule has 1 aromatic rings. The Balaban J connectivity index is 2.02. The first-order valence-corrected chi connectivity index (χ1v) is 5.98. The van der Waals surface area contributed by atoms with E-state index in [0.29, 0.717) is 13.1 Å². The van der Waals surface area contributed by atoms with Gasteiger partial charge in [0.1, 0.15) is 4.60 Å². The van der Waals surface area contributed by atoms with Crippen LogP contribution in [-0.2, 0) is 0 Å². The first kappa shape index (κ1) is 10.3. The van der Waals surface area contributed by atoms with Gasteiger partial charge in [0.2, 0.25) is 0 Å². The molecular weight excluding hydrogens is 274 g/mol. The smallest absolute Gasteiger partial charge is 0.251 e. The molecule has 0 N–H and O–H groups in total. The maximum absolute atomic E-state index is 12.8. The molecule has 0 bridgehead atoms. The minimum Gasteiger partial charge on any atom is -0.348 e. The number of aromatic nitrogens is 1. The summed E-state index contributed by atoms with van der Waals surface area (Å²) < 4.78 is 26.5. The Bertz CT molecular complexity index is 319. The zero-order chi connectivity index (χ0) is 10.2. The van der Waals surface area contributed by atoms with Crippen LogP contribution in [0, 0.1) is 0 Å². The van der Waals surface area contributed by atoms with Crippen LogP contribution < -0.4 is 4.90 Å². The van der Waals surface area contributed by atoms with Crippen molar-refractivity contribution in [2.75, 3.05) is 18.0 Å². The molecule has 1 aromatic heterocycles. The van der Waals surface area contributed by atoms with Crippen LogP contribution in [-0.4, -0.2) is 24.0 Å². The summed E-state index contributed by atoms with van der Waals surface area (Å²) in [5.74, 6) is -2.48. The molecule has 0 aromatic carbocycles. The lowest BCUT2D eigenvalue weighted by molar-refractivity contribution is -0.0220. The van der Waals surface area contributed by atoms with Gasteiger partial charge >= 0.3 is 0 Å². The molecule has 1 aliphatic rings. The van der Waals surface area contributed by atoms with Crippen LogP contribution >= 0.6 is 27.3 Å². The molecule has 1 saturated heterocycles. The number of hydrogen-bond acceptors (Lipinski definition) is 3. The third-order valence-corrected chi connectivity index (χ3v) is 3.84. The summed E-state index contributed by atoms with van der Waals surface area (Å²) in [4.78, 5) is 6.11. The molecule has 0 saturated carbocycles. The molecule has 2 heterocycles. The van der Waals surface area contributed by atoms with E-state index in [1.807, 2.05) is 10.3 Å². The second kappa shape index (κ2) is 3.73. The Hall–Kier alpha value is -0.230. The number of halogens is 3. The van der Waals surface area contributed by atoms with Crippen LogP contribution in [0.2, 0.25) is 0 Å². The van der Waals surface area contributed by atoms with E-state index in [1.165, 1.54) is 11.3 Å². The van der Waals surface area contributed by atoms with Crippen molar-refractivity contribution in [3.63, 3.8) is 0 Å². The van der Waals surface area contributed by atoms with E-state index < -0.39 is 5.92 Å². The standard InChI is InChI=1S/C8H9BrF2N2S/c9-6-5-14-7(12-6)13-3-1-8(10,11)2-4-13/h5H,1-4H2. The molecule has 0 amide bonds. The molecule has 14 heavy (non-hydrogen) atoms. The quantitative estimate of drug-likeness (QED) is 0.787. The highest BCUT2D eigenvalue weighted by atomic mass is 79.9. The van der Waals surface area contributed by atoms with Crippen molar-refractivity contribution in [1.29, 1.82) is 0 Å². The Morgan fingerprint density at radius 1 is 1.43 bits per heavy atom. The van der Waals surface area contributed by atoms with Gasteiger partial charge in [0.25, 0.3) is 5.92 Å². The van der Waals surface area contributed by atoms with E-state index in [1.54, 1.807) is 0 Å². The van der Waals surface area contributed by atoms with Gasteiger partial charge in [-0.05, 0) is 15.9 Å². The molecule has 1 fully saturated rings. The van der Waals surface area contributed by atoms with Crippen LogP contribution in [0.5, 0.6) is 0 Å². The lowest BCUT2D eigenvalue weighted by atomic mass is 10.1. The highest BCUT2D eigenvalue weighted by Gasteiger charge is 2.34. The van der Waals surface area contributed by atoms with Gasteiger partial charge in [-0.1, -0.05) is 0 Å². The third-order valence-electron chi connectivity index (χ3n) is 2.23. The molecule has 0 radical (unpaired) electrons. The number of hydrogen-bond donors (Lipinski definition) is 0. The minimum absolute atomic E-state index is 0.0653. The number of thiazole rings is 1. The van der Waals surface area contributed by atoms with E-state index in [-0.39, 0.29) is 12.8 Å². The number of piperidine rings is 1. The normalized spacial score (nSPS) is 21.2. The molecule has 0 atom stereocenters. The first-order chi connectivity index (χ1) is 6.57. The van der Waals surface area contributed by atoms with Crippen molar-refractivity contribution in [3.05, 3.63) is 9.98 Å². The van der Waals surface area contributed by atoms with Crippen LogP contribution in [0.4, 0.5) is 13.9 Å². The SMILES string of the molecule is FC1(F)CCN(c2nc(Br)cs2)CC1. The van der Waals surface area contributed by atoms with Gasteiger partial charge in [0, 0.05) is 31.3 Å².